The molecule has 0 bridgehead atoms. The summed E-state index contributed by atoms with van der Waals surface area (Å²) in [6, 6.07) is 6.14. The van der Waals surface area contributed by atoms with Crippen LogP contribution in [0.5, 0.6) is 5.75 Å². The zero-order valence-corrected chi connectivity index (χ0v) is 9.27. The van der Waals surface area contributed by atoms with Crippen molar-refractivity contribution < 1.29 is 14.2 Å². The molecule has 0 spiro atoms. The fourth-order valence-electron chi connectivity index (χ4n) is 1.23. The summed E-state index contributed by atoms with van der Waals surface area (Å²) in [5.74, 6) is -0.523. The Labute approximate surface area is 94.1 Å². The van der Waals surface area contributed by atoms with Crippen molar-refractivity contribution in [3.63, 3.8) is 0 Å². The molecule has 1 N–H and O–H groups in total. The Morgan fingerprint density at radius 3 is 2.69 bits per heavy atom. The minimum Gasteiger partial charge on any atom is -0.473 e. The lowest BCUT2D eigenvalue weighted by Crippen LogP contribution is -2.13. The van der Waals surface area contributed by atoms with Gasteiger partial charge in [0.15, 0.2) is 17.7 Å². The van der Waals surface area contributed by atoms with Gasteiger partial charge >= 0.3 is 0 Å². The number of aliphatic hydroxyl groups excluding tert-OH is 1. The number of nitrogens with zero attached hydrogens (tertiary/aromatic N) is 1. The summed E-state index contributed by atoms with van der Waals surface area (Å²) < 4.78 is 18.7. The predicted molar refractivity (Wildman–Crippen MR) is 57.4 cm³/mol. The second kappa shape index (κ2) is 5.47. The van der Waals surface area contributed by atoms with Crippen LogP contribution in [0, 0.1) is 17.1 Å². The smallest absolute Gasteiger partial charge is 0.184 e. The van der Waals surface area contributed by atoms with E-state index in [2.05, 4.69) is 0 Å². The second-order valence-electron chi connectivity index (χ2n) is 3.51. The first-order valence-corrected chi connectivity index (χ1v) is 5.12. The quantitative estimate of drug-likeness (QED) is 0.853. The Hall–Kier alpha value is -1.60. The number of hydrogen-bond acceptors (Lipinski definition) is 3. The zero-order valence-electron chi connectivity index (χ0n) is 9.27. The molecule has 0 aromatic heterocycles. The molecule has 3 nitrogen and oxygen atoms in total. The van der Waals surface area contributed by atoms with Gasteiger partial charge in [0.1, 0.15) is 6.07 Å². The highest BCUT2D eigenvalue weighted by Crippen LogP contribution is 2.23. The number of nitriles is 1. The Morgan fingerprint density at radius 1 is 1.56 bits per heavy atom. The summed E-state index contributed by atoms with van der Waals surface area (Å²) >= 11 is 0. The van der Waals surface area contributed by atoms with Crippen LogP contribution in [-0.4, -0.2) is 11.2 Å². The van der Waals surface area contributed by atoms with Crippen molar-refractivity contribution in [2.45, 2.75) is 32.5 Å². The highest BCUT2D eigenvalue weighted by molar-refractivity contribution is 5.30. The number of ether oxygens (including phenoxy) is 1. The van der Waals surface area contributed by atoms with Crippen molar-refractivity contribution in [3.05, 3.63) is 29.6 Å². The second-order valence-corrected chi connectivity index (χ2v) is 3.51. The molecular weight excluding hydrogens is 209 g/mol. The largest absolute Gasteiger partial charge is 0.473 e. The van der Waals surface area contributed by atoms with Crippen molar-refractivity contribution in [1.82, 2.24) is 0 Å². The van der Waals surface area contributed by atoms with Gasteiger partial charge in [-0.1, -0.05) is 13.0 Å². The van der Waals surface area contributed by atoms with Gasteiger partial charge in [0.2, 0.25) is 0 Å². The minimum absolute atomic E-state index is 0.0396. The first-order chi connectivity index (χ1) is 7.58. The molecule has 0 aliphatic heterocycles. The Bertz CT molecular complexity index is 398. The highest BCUT2D eigenvalue weighted by Gasteiger charge is 2.12. The van der Waals surface area contributed by atoms with Crippen molar-refractivity contribution in [3.8, 4) is 11.8 Å². The number of benzene rings is 1. The van der Waals surface area contributed by atoms with Gasteiger partial charge in [-0.05, 0) is 31.0 Å². The SMILES string of the molecule is CCC(C#N)Oc1ccc([C@H](C)O)cc1F. The van der Waals surface area contributed by atoms with E-state index in [1.54, 1.807) is 19.9 Å². The molecule has 0 radical (unpaired) electrons. The Balaban J connectivity index is 2.87. The fraction of sp³-hybridized carbons (Fsp3) is 0.417. The summed E-state index contributed by atoms with van der Waals surface area (Å²) in [6.45, 7) is 3.34. The summed E-state index contributed by atoms with van der Waals surface area (Å²) in [6.07, 6.45) is -0.873. The molecule has 1 rings (SSSR count). The first kappa shape index (κ1) is 12.5. The lowest BCUT2D eigenvalue weighted by molar-refractivity contribution is 0.198. The third kappa shape index (κ3) is 2.94. The van der Waals surface area contributed by atoms with Crippen LogP contribution >= 0.6 is 0 Å². The molecule has 1 aromatic rings. The third-order valence-corrected chi connectivity index (χ3v) is 2.22. The van der Waals surface area contributed by atoms with E-state index in [4.69, 9.17) is 10.00 Å². The molecule has 86 valence electrons. The van der Waals surface area contributed by atoms with E-state index in [0.717, 1.165) is 0 Å². The lowest BCUT2D eigenvalue weighted by atomic mass is 10.1. The molecule has 0 aliphatic rings. The van der Waals surface area contributed by atoms with Gasteiger partial charge in [-0.25, -0.2) is 4.39 Å². The van der Waals surface area contributed by atoms with Crippen LogP contribution in [-0.2, 0) is 0 Å². The summed E-state index contributed by atoms with van der Waals surface area (Å²) in [4.78, 5) is 0. The molecular formula is C12H14FNO2. The van der Waals surface area contributed by atoms with E-state index in [9.17, 15) is 9.50 Å². The van der Waals surface area contributed by atoms with E-state index in [1.165, 1.54) is 12.1 Å². The average molecular weight is 223 g/mol. The standard InChI is InChI=1S/C12H14FNO2/c1-3-10(7-14)16-12-5-4-9(8(2)15)6-11(12)13/h4-6,8,10,15H,3H2,1-2H3/t8-,10?/m0/s1. The maximum absolute atomic E-state index is 13.5. The average Bonchev–Trinajstić information content (AvgIpc) is 2.27. The van der Waals surface area contributed by atoms with Gasteiger partial charge in [0, 0.05) is 0 Å². The van der Waals surface area contributed by atoms with Gasteiger partial charge in [-0.2, -0.15) is 5.26 Å². The molecule has 16 heavy (non-hydrogen) atoms. The van der Waals surface area contributed by atoms with Gasteiger partial charge < -0.3 is 9.84 Å². The maximum atomic E-state index is 13.5. The molecule has 0 saturated heterocycles. The number of rotatable bonds is 4. The van der Waals surface area contributed by atoms with Crippen LogP contribution in [0.4, 0.5) is 4.39 Å². The molecule has 0 heterocycles. The fourth-order valence-corrected chi connectivity index (χ4v) is 1.23. The molecule has 1 unspecified atom stereocenters. The number of aliphatic hydroxyl groups is 1. The predicted octanol–water partition coefficient (Wildman–Crippen LogP) is 2.56. The summed E-state index contributed by atoms with van der Waals surface area (Å²) in [5, 5.41) is 17.9. The summed E-state index contributed by atoms with van der Waals surface area (Å²) in [5.41, 5.74) is 0.481. The van der Waals surface area contributed by atoms with Crippen LogP contribution in [0.1, 0.15) is 31.9 Å². The van der Waals surface area contributed by atoms with Crippen LogP contribution in [0.15, 0.2) is 18.2 Å². The zero-order chi connectivity index (χ0) is 12.1. The summed E-state index contributed by atoms with van der Waals surface area (Å²) in [7, 11) is 0. The lowest BCUT2D eigenvalue weighted by Gasteiger charge is -2.12. The molecule has 2 atom stereocenters. The van der Waals surface area contributed by atoms with E-state index < -0.39 is 18.0 Å². The Morgan fingerprint density at radius 2 is 2.25 bits per heavy atom. The third-order valence-electron chi connectivity index (χ3n) is 2.22. The topological polar surface area (TPSA) is 53.2 Å². The van der Waals surface area contributed by atoms with Gasteiger partial charge in [-0.3, -0.25) is 0 Å². The molecule has 1 aromatic carbocycles. The van der Waals surface area contributed by atoms with Crippen LogP contribution in [0.3, 0.4) is 0 Å². The van der Waals surface area contributed by atoms with Crippen molar-refractivity contribution >= 4 is 0 Å². The molecule has 0 aliphatic carbocycles. The molecule has 0 saturated carbocycles. The van der Waals surface area contributed by atoms with Gasteiger partial charge in [-0.15, -0.1) is 0 Å². The van der Waals surface area contributed by atoms with Crippen LogP contribution < -0.4 is 4.74 Å². The highest BCUT2D eigenvalue weighted by atomic mass is 19.1. The normalized spacial score (nSPS) is 13.9. The van der Waals surface area contributed by atoms with E-state index in [-0.39, 0.29) is 5.75 Å². The molecule has 0 fully saturated rings. The van der Waals surface area contributed by atoms with Crippen molar-refractivity contribution in [1.29, 1.82) is 5.26 Å². The van der Waals surface area contributed by atoms with Crippen LogP contribution in [0.2, 0.25) is 0 Å². The van der Waals surface area contributed by atoms with Crippen molar-refractivity contribution in [2.75, 3.05) is 0 Å². The minimum atomic E-state index is -0.721. The number of hydrogen-bond donors (Lipinski definition) is 1. The number of halogens is 1. The van der Waals surface area contributed by atoms with E-state index >= 15 is 0 Å². The monoisotopic (exact) mass is 223 g/mol. The molecule has 4 heteroatoms. The van der Waals surface area contributed by atoms with E-state index in [0.29, 0.717) is 12.0 Å². The van der Waals surface area contributed by atoms with Crippen LogP contribution in [0.25, 0.3) is 0 Å². The van der Waals surface area contributed by atoms with Gasteiger partial charge in [0.25, 0.3) is 0 Å². The van der Waals surface area contributed by atoms with Crippen molar-refractivity contribution in [2.24, 2.45) is 0 Å². The van der Waals surface area contributed by atoms with Gasteiger partial charge in [0.05, 0.1) is 6.10 Å². The maximum Gasteiger partial charge on any atom is 0.184 e. The molecule has 0 amide bonds. The Kier molecular flexibility index (Phi) is 4.27. The van der Waals surface area contributed by atoms with E-state index in [1.807, 2.05) is 6.07 Å². The first-order valence-electron chi connectivity index (χ1n) is 5.12.